The highest BCUT2D eigenvalue weighted by molar-refractivity contribution is 4.70. The maximum Gasteiger partial charge on any atom is 0.392 e. The van der Waals surface area contributed by atoms with Gasteiger partial charge in [0.15, 0.2) is 0 Å². The van der Waals surface area contributed by atoms with E-state index in [0.29, 0.717) is 6.42 Å². The van der Waals surface area contributed by atoms with E-state index in [9.17, 15) is 13.2 Å². The van der Waals surface area contributed by atoms with Crippen LogP contribution in [0.4, 0.5) is 13.2 Å². The summed E-state index contributed by atoms with van der Waals surface area (Å²) in [6, 6.07) is 0. The van der Waals surface area contributed by atoms with Crippen molar-refractivity contribution in [2.75, 3.05) is 0 Å². The summed E-state index contributed by atoms with van der Waals surface area (Å²) in [6.45, 7) is 5.02. The van der Waals surface area contributed by atoms with Crippen molar-refractivity contribution < 1.29 is 13.2 Å². The average molecular weight is 168 g/mol. The molecule has 0 amide bonds. The molecular formula is C8H15F3. The Kier molecular flexibility index (Phi) is 3.90. The smallest absolute Gasteiger partial charge is 0.171 e. The molecule has 0 aromatic carbocycles. The molecule has 0 aliphatic rings. The predicted molar refractivity (Wildman–Crippen MR) is 39.3 cm³/mol. The lowest BCUT2D eigenvalue weighted by Gasteiger charge is -2.22. The van der Waals surface area contributed by atoms with E-state index in [-0.39, 0.29) is 12.3 Å². The van der Waals surface area contributed by atoms with Gasteiger partial charge in [-0.25, -0.2) is 0 Å². The van der Waals surface area contributed by atoms with Gasteiger partial charge in [0.05, 0.1) is 5.92 Å². The van der Waals surface area contributed by atoms with Crippen LogP contribution in [-0.4, -0.2) is 6.18 Å². The first kappa shape index (κ1) is 10.8. The Morgan fingerprint density at radius 2 is 1.64 bits per heavy atom. The topological polar surface area (TPSA) is 0 Å². The van der Waals surface area contributed by atoms with Crippen molar-refractivity contribution in [3.8, 4) is 0 Å². The molecule has 0 radical (unpaired) electrons. The van der Waals surface area contributed by atoms with E-state index in [0.717, 1.165) is 0 Å². The summed E-state index contributed by atoms with van der Waals surface area (Å²) in [7, 11) is 0. The Bertz CT molecular complexity index is 104. The van der Waals surface area contributed by atoms with Gasteiger partial charge in [-0.3, -0.25) is 0 Å². The van der Waals surface area contributed by atoms with Crippen LogP contribution in [-0.2, 0) is 0 Å². The third-order valence-electron chi connectivity index (χ3n) is 1.82. The highest BCUT2D eigenvalue weighted by atomic mass is 19.4. The highest BCUT2D eigenvalue weighted by Gasteiger charge is 2.40. The number of alkyl halides is 3. The average Bonchev–Trinajstić information content (AvgIpc) is 1.79. The molecule has 0 bridgehead atoms. The van der Waals surface area contributed by atoms with Crippen molar-refractivity contribution >= 4 is 0 Å². The molecule has 0 heterocycles. The van der Waals surface area contributed by atoms with Gasteiger partial charge in [0, 0.05) is 0 Å². The van der Waals surface area contributed by atoms with E-state index in [1.807, 2.05) is 0 Å². The molecule has 0 aliphatic carbocycles. The van der Waals surface area contributed by atoms with Crippen molar-refractivity contribution in [3.63, 3.8) is 0 Å². The van der Waals surface area contributed by atoms with Crippen LogP contribution in [0, 0.1) is 11.8 Å². The van der Waals surface area contributed by atoms with Gasteiger partial charge in [-0.2, -0.15) is 13.2 Å². The van der Waals surface area contributed by atoms with E-state index in [2.05, 4.69) is 0 Å². The largest absolute Gasteiger partial charge is 0.392 e. The molecule has 0 fully saturated rings. The molecule has 68 valence electrons. The summed E-state index contributed by atoms with van der Waals surface area (Å²) in [6.07, 6.45) is -3.16. The Morgan fingerprint density at radius 1 is 1.18 bits per heavy atom. The van der Waals surface area contributed by atoms with Gasteiger partial charge in [-0.05, 0) is 12.3 Å². The molecule has 11 heavy (non-hydrogen) atoms. The van der Waals surface area contributed by atoms with E-state index < -0.39 is 12.1 Å². The van der Waals surface area contributed by atoms with Crippen molar-refractivity contribution in [3.05, 3.63) is 0 Å². The van der Waals surface area contributed by atoms with Crippen LogP contribution >= 0.6 is 0 Å². The van der Waals surface area contributed by atoms with Gasteiger partial charge in [-0.1, -0.05) is 27.2 Å². The fourth-order valence-electron chi connectivity index (χ4n) is 1.19. The van der Waals surface area contributed by atoms with Gasteiger partial charge in [-0.15, -0.1) is 0 Å². The fraction of sp³-hybridized carbons (Fsp3) is 1.00. The Balaban J connectivity index is 4.10. The molecule has 3 heteroatoms. The molecule has 0 aromatic heterocycles. The lowest BCUT2D eigenvalue weighted by Crippen LogP contribution is -2.27. The predicted octanol–water partition coefficient (Wildman–Crippen LogP) is 3.62. The minimum absolute atomic E-state index is 0.251. The van der Waals surface area contributed by atoms with Crippen molar-refractivity contribution in [1.29, 1.82) is 0 Å². The maximum absolute atomic E-state index is 12.2. The second-order valence-electron chi connectivity index (χ2n) is 3.18. The van der Waals surface area contributed by atoms with Crippen LogP contribution in [0.1, 0.15) is 33.6 Å². The summed E-state index contributed by atoms with van der Waals surface area (Å²) in [5.41, 5.74) is 0. The summed E-state index contributed by atoms with van der Waals surface area (Å²) in [5, 5.41) is 0. The van der Waals surface area contributed by atoms with E-state index in [1.165, 1.54) is 0 Å². The van der Waals surface area contributed by atoms with Gasteiger partial charge in [0.25, 0.3) is 0 Å². The molecule has 0 rings (SSSR count). The highest BCUT2D eigenvalue weighted by Crippen LogP contribution is 2.34. The molecule has 0 aliphatic heterocycles. The molecule has 0 nitrogen and oxygen atoms in total. The number of halogens is 3. The molecule has 0 aromatic rings. The zero-order chi connectivity index (χ0) is 9.07. The summed E-state index contributed by atoms with van der Waals surface area (Å²) in [5.74, 6) is -1.41. The Labute approximate surface area is 65.8 Å². The van der Waals surface area contributed by atoms with Crippen molar-refractivity contribution in [2.24, 2.45) is 11.8 Å². The second-order valence-corrected chi connectivity index (χ2v) is 3.18. The fourth-order valence-corrected chi connectivity index (χ4v) is 1.19. The summed E-state index contributed by atoms with van der Waals surface area (Å²) >= 11 is 0. The molecule has 0 N–H and O–H groups in total. The lowest BCUT2D eigenvalue weighted by atomic mass is 9.91. The number of hydrogen-bond acceptors (Lipinski definition) is 0. The molecule has 1 unspecified atom stereocenters. The zero-order valence-electron chi connectivity index (χ0n) is 7.20. The van der Waals surface area contributed by atoms with Crippen molar-refractivity contribution in [2.45, 2.75) is 39.8 Å². The third kappa shape index (κ3) is 3.63. The third-order valence-corrected chi connectivity index (χ3v) is 1.82. The SMILES string of the molecule is CCCC(C(C)C)C(F)(F)F. The molecule has 1 atom stereocenters. The Hall–Kier alpha value is -0.210. The maximum atomic E-state index is 12.2. The molecule has 0 saturated carbocycles. The van der Waals surface area contributed by atoms with Crippen LogP contribution in [0.2, 0.25) is 0 Å². The summed E-state index contributed by atoms with van der Waals surface area (Å²) < 4.78 is 36.5. The quantitative estimate of drug-likeness (QED) is 0.603. The van der Waals surface area contributed by atoms with E-state index in [4.69, 9.17) is 0 Å². The first-order valence-electron chi connectivity index (χ1n) is 3.96. The van der Waals surface area contributed by atoms with Gasteiger partial charge in [0.2, 0.25) is 0 Å². The number of rotatable bonds is 3. The molecular weight excluding hydrogens is 153 g/mol. The molecule has 0 saturated heterocycles. The van der Waals surface area contributed by atoms with Crippen LogP contribution in [0.25, 0.3) is 0 Å². The van der Waals surface area contributed by atoms with Crippen LogP contribution < -0.4 is 0 Å². The van der Waals surface area contributed by atoms with Gasteiger partial charge >= 0.3 is 6.18 Å². The van der Waals surface area contributed by atoms with Crippen LogP contribution in [0.15, 0.2) is 0 Å². The van der Waals surface area contributed by atoms with Crippen LogP contribution in [0.5, 0.6) is 0 Å². The minimum atomic E-state index is -4.01. The van der Waals surface area contributed by atoms with Gasteiger partial charge < -0.3 is 0 Å². The first-order valence-corrected chi connectivity index (χ1v) is 3.96. The second kappa shape index (κ2) is 3.98. The number of hydrogen-bond donors (Lipinski definition) is 0. The normalized spacial score (nSPS) is 15.5. The zero-order valence-corrected chi connectivity index (χ0v) is 7.20. The molecule has 0 spiro atoms. The standard InChI is InChI=1S/C8H15F3/c1-4-5-7(6(2)3)8(9,10)11/h6-7H,4-5H2,1-3H3. The monoisotopic (exact) mass is 168 g/mol. The summed E-state index contributed by atoms with van der Waals surface area (Å²) in [4.78, 5) is 0. The van der Waals surface area contributed by atoms with E-state index in [1.54, 1.807) is 20.8 Å². The van der Waals surface area contributed by atoms with Gasteiger partial charge in [0.1, 0.15) is 0 Å². The lowest BCUT2D eigenvalue weighted by molar-refractivity contribution is -0.187. The minimum Gasteiger partial charge on any atom is -0.171 e. The van der Waals surface area contributed by atoms with E-state index >= 15 is 0 Å². The first-order chi connectivity index (χ1) is 4.89. The Morgan fingerprint density at radius 3 is 1.73 bits per heavy atom. The van der Waals surface area contributed by atoms with Crippen molar-refractivity contribution in [1.82, 2.24) is 0 Å². The van der Waals surface area contributed by atoms with Crippen LogP contribution in [0.3, 0.4) is 0 Å².